The molecule has 3 rings (SSSR count). The molecule has 1 saturated heterocycles. The lowest BCUT2D eigenvalue weighted by molar-refractivity contribution is 0.102. The van der Waals surface area contributed by atoms with Crippen molar-refractivity contribution in [3.05, 3.63) is 56.8 Å². The zero-order valence-corrected chi connectivity index (χ0v) is 17.3. The number of nitrogens with zero attached hydrogens (tertiary/aromatic N) is 3. The minimum Gasteiger partial charge on any atom is -0.322 e. The lowest BCUT2D eigenvalue weighted by atomic mass is 10.1. The van der Waals surface area contributed by atoms with E-state index in [1.165, 1.54) is 11.8 Å². The third-order valence-corrected chi connectivity index (χ3v) is 6.11. The highest BCUT2D eigenvalue weighted by atomic mass is 79.9. The van der Waals surface area contributed by atoms with Gasteiger partial charge in [0.15, 0.2) is 0 Å². The molecular formula is C19H22BrClN4O. The minimum atomic E-state index is -0.238. The molecule has 1 aliphatic heterocycles. The number of hydrogen-bond acceptors (Lipinski definition) is 4. The van der Waals surface area contributed by atoms with Crippen molar-refractivity contribution in [1.82, 2.24) is 14.8 Å². The van der Waals surface area contributed by atoms with Gasteiger partial charge in [-0.15, -0.1) is 0 Å². The second kappa shape index (κ2) is 8.48. The van der Waals surface area contributed by atoms with Crippen molar-refractivity contribution in [3.63, 3.8) is 0 Å². The van der Waals surface area contributed by atoms with Gasteiger partial charge in [-0.3, -0.25) is 14.7 Å². The van der Waals surface area contributed by atoms with Crippen molar-refractivity contribution in [3.8, 4) is 0 Å². The van der Waals surface area contributed by atoms with Crippen LogP contribution >= 0.6 is 27.5 Å². The zero-order valence-electron chi connectivity index (χ0n) is 14.9. The van der Waals surface area contributed by atoms with Gasteiger partial charge in [-0.2, -0.15) is 0 Å². The summed E-state index contributed by atoms with van der Waals surface area (Å²) in [5.74, 6) is -0.238. The van der Waals surface area contributed by atoms with Crippen molar-refractivity contribution in [1.29, 1.82) is 0 Å². The zero-order chi connectivity index (χ0) is 18.7. The van der Waals surface area contributed by atoms with Gasteiger partial charge in [-0.1, -0.05) is 23.7 Å². The Morgan fingerprint density at radius 3 is 2.54 bits per heavy atom. The number of carbonyl (C=O) groups excluding carboxylic acids is 1. The Kier molecular flexibility index (Phi) is 6.29. The summed E-state index contributed by atoms with van der Waals surface area (Å²) in [5.41, 5.74) is 3.10. The Labute approximate surface area is 167 Å². The highest BCUT2D eigenvalue weighted by Crippen LogP contribution is 2.28. The van der Waals surface area contributed by atoms with Gasteiger partial charge < -0.3 is 10.2 Å². The molecule has 0 atom stereocenters. The van der Waals surface area contributed by atoms with E-state index >= 15 is 0 Å². The van der Waals surface area contributed by atoms with Gasteiger partial charge in [0.2, 0.25) is 0 Å². The number of aromatic nitrogens is 1. The Balaban J connectivity index is 1.62. The number of nitrogens with one attached hydrogen (secondary N) is 1. The van der Waals surface area contributed by atoms with Gasteiger partial charge in [0.1, 0.15) is 0 Å². The maximum atomic E-state index is 12.5. The third-order valence-electron chi connectivity index (χ3n) is 4.59. The maximum Gasteiger partial charge on any atom is 0.258 e. The van der Waals surface area contributed by atoms with Gasteiger partial charge >= 0.3 is 0 Å². The predicted octanol–water partition coefficient (Wildman–Crippen LogP) is 3.81. The number of likely N-dealkylation sites (N-methyl/N-ethyl adjacent to an activating group) is 1. The second-order valence-electron chi connectivity index (χ2n) is 6.62. The molecule has 1 amide bonds. The monoisotopic (exact) mass is 436 g/mol. The number of carbonyl (C=O) groups is 1. The Bertz CT molecular complexity index is 789. The van der Waals surface area contributed by atoms with Crippen LogP contribution < -0.4 is 5.32 Å². The van der Waals surface area contributed by atoms with Gasteiger partial charge in [-0.25, -0.2) is 0 Å². The Morgan fingerprint density at radius 2 is 1.88 bits per heavy atom. The van der Waals surface area contributed by atoms with Gasteiger partial charge in [0.05, 0.1) is 20.8 Å². The van der Waals surface area contributed by atoms with Crippen LogP contribution in [0.1, 0.15) is 21.6 Å². The number of benzene rings is 1. The van der Waals surface area contributed by atoms with Crippen molar-refractivity contribution in [2.75, 3.05) is 38.5 Å². The number of piperazine rings is 1. The smallest absolute Gasteiger partial charge is 0.258 e. The summed E-state index contributed by atoms with van der Waals surface area (Å²) >= 11 is 9.53. The van der Waals surface area contributed by atoms with Crippen molar-refractivity contribution in [2.24, 2.45) is 0 Å². The van der Waals surface area contributed by atoms with E-state index in [4.69, 9.17) is 11.6 Å². The minimum absolute atomic E-state index is 0.238. The van der Waals surface area contributed by atoms with Crippen molar-refractivity contribution < 1.29 is 4.79 Å². The maximum absolute atomic E-state index is 12.5. The van der Waals surface area contributed by atoms with Crippen LogP contribution in [0.2, 0.25) is 5.02 Å². The van der Waals surface area contributed by atoms with Crippen molar-refractivity contribution >= 4 is 39.1 Å². The first-order valence-electron chi connectivity index (χ1n) is 8.56. The summed E-state index contributed by atoms with van der Waals surface area (Å²) in [4.78, 5) is 21.4. The van der Waals surface area contributed by atoms with Crippen molar-refractivity contribution in [2.45, 2.75) is 13.5 Å². The Morgan fingerprint density at radius 1 is 1.23 bits per heavy atom. The van der Waals surface area contributed by atoms with E-state index in [1.54, 1.807) is 6.92 Å². The standard InChI is InChI=1S/C19H22BrClN4O/c1-13-18(21)17(20)16(11-22-13)19(26)23-15-5-3-14(4-6-15)12-25-9-7-24(2)8-10-25/h3-6,11H,7-10,12H2,1-2H3,(H,23,26). The molecular weight excluding hydrogens is 416 g/mol. The number of pyridine rings is 1. The van der Waals surface area contributed by atoms with E-state index in [0.29, 0.717) is 20.8 Å². The molecule has 1 aromatic carbocycles. The van der Waals surface area contributed by atoms with Gasteiger partial charge in [-0.05, 0) is 47.6 Å². The molecule has 0 saturated carbocycles. The molecule has 0 aliphatic carbocycles. The largest absolute Gasteiger partial charge is 0.322 e. The van der Waals surface area contributed by atoms with E-state index in [1.807, 2.05) is 12.1 Å². The average Bonchev–Trinajstić information content (AvgIpc) is 2.63. The van der Waals surface area contributed by atoms with Crippen LogP contribution in [0.25, 0.3) is 0 Å². The lowest BCUT2D eigenvalue weighted by Crippen LogP contribution is -2.43. The number of rotatable bonds is 4. The van der Waals surface area contributed by atoms with Crippen LogP contribution in [-0.2, 0) is 6.54 Å². The lowest BCUT2D eigenvalue weighted by Gasteiger charge is -2.32. The van der Waals surface area contributed by atoms with E-state index in [0.717, 1.165) is 38.4 Å². The summed E-state index contributed by atoms with van der Waals surface area (Å²) in [6, 6.07) is 7.98. The summed E-state index contributed by atoms with van der Waals surface area (Å²) in [7, 11) is 2.16. The molecule has 7 heteroatoms. The fourth-order valence-electron chi connectivity index (χ4n) is 2.87. The number of halogens is 2. The first-order chi connectivity index (χ1) is 12.4. The molecule has 0 spiro atoms. The van der Waals surface area contributed by atoms with Crippen LogP contribution in [-0.4, -0.2) is 53.9 Å². The molecule has 138 valence electrons. The fourth-order valence-corrected chi connectivity index (χ4v) is 3.59. The summed E-state index contributed by atoms with van der Waals surface area (Å²) in [6.45, 7) is 7.12. The molecule has 1 N–H and O–H groups in total. The molecule has 0 unspecified atom stereocenters. The molecule has 0 bridgehead atoms. The molecule has 1 fully saturated rings. The van der Waals surface area contributed by atoms with Crippen LogP contribution in [0.4, 0.5) is 5.69 Å². The van der Waals surface area contributed by atoms with Crippen LogP contribution in [0, 0.1) is 6.92 Å². The van der Waals surface area contributed by atoms with Gasteiger partial charge in [0, 0.05) is 44.6 Å². The highest BCUT2D eigenvalue weighted by Gasteiger charge is 2.16. The topological polar surface area (TPSA) is 48.5 Å². The predicted molar refractivity (Wildman–Crippen MR) is 109 cm³/mol. The van der Waals surface area contributed by atoms with E-state index in [-0.39, 0.29) is 5.91 Å². The number of amides is 1. The first-order valence-corrected chi connectivity index (χ1v) is 9.73. The molecule has 26 heavy (non-hydrogen) atoms. The van der Waals surface area contributed by atoms with E-state index in [2.05, 4.69) is 55.2 Å². The summed E-state index contributed by atoms with van der Waals surface area (Å²) in [5, 5.41) is 3.35. The third kappa shape index (κ3) is 4.62. The molecule has 5 nitrogen and oxygen atoms in total. The summed E-state index contributed by atoms with van der Waals surface area (Å²) in [6.07, 6.45) is 1.53. The van der Waals surface area contributed by atoms with Gasteiger partial charge in [0.25, 0.3) is 5.91 Å². The molecule has 2 aromatic rings. The number of hydrogen-bond donors (Lipinski definition) is 1. The molecule has 0 radical (unpaired) electrons. The number of aryl methyl sites for hydroxylation is 1. The normalized spacial score (nSPS) is 15.8. The quantitative estimate of drug-likeness (QED) is 0.790. The van der Waals surface area contributed by atoms with E-state index in [9.17, 15) is 4.79 Å². The second-order valence-corrected chi connectivity index (χ2v) is 7.79. The van der Waals surface area contributed by atoms with Crippen LogP contribution in [0.5, 0.6) is 0 Å². The first kappa shape index (κ1) is 19.3. The Hall–Kier alpha value is -1.47. The molecule has 2 heterocycles. The molecule has 1 aromatic heterocycles. The molecule has 1 aliphatic rings. The van der Waals surface area contributed by atoms with Crippen LogP contribution in [0.15, 0.2) is 34.9 Å². The van der Waals surface area contributed by atoms with Crippen LogP contribution in [0.3, 0.4) is 0 Å². The fraction of sp³-hybridized carbons (Fsp3) is 0.368. The highest BCUT2D eigenvalue weighted by molar-refractivity contribution is 9.10. The SMILES string of the molecule is Cc1ncc(C(=O)Nc2ccc(CN3CCN(C)CC3)cc2)c(Br)c1Cl. The summed E-state index contributed by atoms with van der Waals surface area (Å²) < 4.78 is 0.566. The van der Waals surface area contributed by atoms with E-state index < -0.39 is 0 Å². The average molecular weight is 438 g/mol. The number of anilines is 1.